The molecule has 120 valence electrons. The lowest BCUT2D eigenvalue weighted by atomic mass is 10.2. The molecular weight excluding hydrogens is 308 g/mol. The summed E-state index contributed by atoms with van der Waals surface area (Å²) in [6, 6.07) is 14.6. The summed E-state index contributed by atoms with van der Waals surface area (Å²) in [7, 11) is 0. The normalized spacial score (nSPS) is 10.6. The molecule has 0 radical (unpaired) electrons. The van der Waals surface area contributed by atoms with Crippen LogP contribution in [0.3, 0.4) is 0 Å². The van der Waals surface area contributed by atoms with Crippen LogP contribution in [0, 0.1) is 28.4 Å². The van der Waals surface area contributed by atoms with Crippen LogP contribution in [0.5, 0.6) is 0 Å². The van der Waals surface area contributed by atoms with E-state index in [2.05, 4.69) is 10.6 Å². The first-order valence-corrected chi connectivity index (χ1v) is 6.99. The SMILES string of the molecule is Cc1cccc(N/C=C(/C#N)C(=O)Nc2ccc([N+](=O)[O-])cc2)c1. The van der Waals surface area contributed by atoms with Crippen LogP contribution in [0.1, 0.15) is 5.56 Å². The summed E-state index contributed by atoms with van der Waals surface area (Å²) in [6.07, 6.45) is 1.31. The van der Waals surface area contributed by atoms with E-state index in [4.69, 9.17) is 5.26 Å². The Morgan fingerprint density at radius 2 is 1.92 bits per heavy atom. The number of hydrogen-bond donors (Lipinski definition) is 2. The Morgan fingerprint density at radius 1 is 1.21 bits per heavy atom. The molecule has 0 bridgehead atoms. The van der Waals surface area contributed by atoms with Gasteiger partial charge in [-0.2, -0.15) is 5.26 Å². The van der Waals surface area contributed by atoms with Crippen LogP contribution in [-0.4, -0.2) is 10.8 Å². The van der Waals surface area contributed by atoms with E-state index in [9.17, 15) is 14.9 Å². The highest BCUT2D eigenvalue weighted by Crippen LogP contribution is 2.16. The Hall–Kier alpha value is -3.66. The topological polar surface area (TPSA) is 108 Å². The number of carbonyl (C=O) groups excluding carboxylic acids is 1. The second-order valence-electron chi connectivity index (χ2n) is 4.94. The van der Waals surface area contributed by atoms with E-state index in [-0.39, 0.29) is 11.3 Å². The molecule has 2 rings (SSSR count). The van der Waals surface area contributed by atoms with Gasteiger partial charge in [0.2, 0.25) is 0 Å². The Bertz CT molecular complexity index is 836. The van der Waals surface area contributed by atoms with Crippen LogP contribution in [0.2, 0.25) is 0 Å². The predicted octanol–water partition coefficient (Wildman–Crippen LogP) is 3.36. The van der Waals surface area contributed by atoms with Crippen molar-refractivity contribution in [1.82, 2.24) is 0 Å². The number of amides is 1. The highest BCUT2D eigenvalue weighted by atomic mass is 16.6. The van der Waals surface area contributed by atoms with Crippen LogP contribution in [0.25, 0.3) is 0 Å². The molecule has 0 aliphatic carbocycles. The number of non-ortho nitro benzene ring substituents is 1. The molecule has 7 nitrogen and oxygen atoms in total. The lowest BCUT2D eigenvalue weighted by Gasteiger charge is -2.05. The minimum atomic E-state index is -0.605. The lowest BCUT2D eigenvalue weighted by molar-refractivity contribution is -0.384. The molecule has 0 spiro atoms. The first-order chi connectivity index (χ1) is 11.5. The van der Waals surface area contributed by atoms with Crippen LogP contribution >= 0.6 is 0 Å². The largest absolute Gasteiger partial charge is 0.360 e. The highest BCUT2D eigenvalue weighted by molar-refractivity contribution is 6.06. The quantitative estimate of drug-likeness (QED) is 0.380. The van der Waals surface area contributed by atoms with Gasteiger partial charge in [0, 0.05) is 29.7 Å². The third-order valence-corrected chi connectivity index (χ3v) is 3.10. The van der Waals surface area contributed by atoms with Crippen LogP contribution in [0.15, 0.2) is 60.3 Å². The number of anilines is 2. The smallest absolute Gasteiger partial charge is 0.269 e. The van der Waals surface area contributed by atoms with Crippen LogP contribution < -0.4 is 10.6 Å². The van der Waals surface area contributed by atoms with Crippen molar-refractivity contribution in [3.05, 3.63) is 76.0 Å². The first-order valence-electron chi connectivity index (χ1n) is 6.99. The van der Waals surface area contributed by atoms with Gasteiger partial charge in [-0.15, -0.1) is 0 Å². The van der Waals surface area contributed by atoms with E-state index in [0.29, 0.717) is 5.69 Å². The van der Waals surface area contributed by atoms with Gasteiger partial charge in [-0.05, 0) is 36.8 Å². The van der Waals surface area contributed by atoms with Gasteiger partial charge in [0.15, 0.2) is 0 Å². The molecule has 0 atom stereocenters. The molecule has 2 aromatic rings. The Morgan fingerprint density at radius 3 is 2.50 bits per heavy atom. The van der Waals surface area contributed by atoms with Crippen molar-refractivity contribution in [2.24, 2.45) is 0 Å². The van der Waals surface area contributed by atoms with Gasteiger partial charge in [0.25, 0.3) is 11.6 Å². The zero-order chi connectivity index (χ0) is 17.5. The maximum Gasteiger partial charge on any atom is 0.269 e. The standard InChI is InChI=1S/C17H14N4O3/c1-12-3-2-4-15(9-12)19-11-13(10-18)17(22)20-14-5-7-16(8-6-14)21(23)24/h2-9,11,19H,1H3,(H,20,22)/b13-11-. The fourth-order valence-electron chi connectivity index (χ4n) is 1.90. The van der Waals surface area contributed by atoms with Crippen molar-refractivity contribution in [3.63, 3.8) is 0 Å². The molecular formula is C17H14N4O3. The third-order valence-electron chi connectivity index (χ3n) is 3.10. The van der Waals surface area contributed by atoms with Gasteiger partial charge in [-0.1, -0.05) is 12.1 Å². The van der Waals surface area contributed by atoms with Gasteiger partial charge in [0.05, 0.1) is 4.92 Å². The van der Waals surface area contributed by atoms with Crippen molar-refractivity contribution in [2.45, 2.75) is 6.92 Å². The fourth-order valence-corrected chi connectivity index (χ4v) is 1.90. The van der Waals surface area contributed by atoms with E-state index in [1.54, 1.807) is 0 Å². The second-order valence-corrected chi connectivity index (χ2v) is 4.94. The number of hydrogen-bond acceptors (Lipinski definition) is 5. The zero-order valence-electron chi connectivity index (χ0n) is 12.8. The average molecular weight is 322 g/mol. The number of nitrogens with one attached hydrogen (secondary N) is 2. The van der Waals surface area contributed by atoms with Crippen molar-refractivity contribution in [2.75, 3.05) is 10.6 Å². The van der Waals surface area contributed by atoms with E-state index >= 15 is 0 Å². The van der Waals surface area contributed by atoms with Gasteiger partial charge in [-0.25, -0.2) is 0 Å². The third kappa shape index (κ3) is 4.42. The molecule has 0 aromatic heterocycles. The van der Waals surface area contributed by atoms with Gasteiger partial charge in [0.1, 0.15) is 11.6 Å². The van der Waals surface area contributed by atoms with Crippen molar-refractivity contribution >= 4 is 23.0 Å². The van der Waals surface area contributed by atoms with Crippen molar-refractivity contribution in [3.8, 4) is 6.07 Å². The maximum absolute atomic E-state index is 12.1. The molecule has 0 saturated heterocycles. The number of nitro groups is 1. The monoisotopic (exact) mass is 322 g/mol. The van der Waals surface area contributed by atoms with Crippen molar-refractivity contribution in [1.29, 1.82) is 5.26 Å². The van der Waals surface area contributed by atoms with E-state index in [1.165, 1.54) is 30.5 Å². The predicted molar refractivity (Wildman–Crippen MR) is 90.2 cm³/mol. The summed E-state index contributed by atoms with van der Waals surface area (Å²) in [6.45, 7) is 1.93. The molecule has 24 heavy (non-hydrogen) atoms. The first kappa shape index (κ1) is 16.7. The molecule has 7 heteroatoms. The molecule has 0 heterocycles. The van der Waals surface area contributed by atoms with Crippen LogP contribution in [0.4, 0.5) is 17.1 Å². The number of nitriles is 1. The molecule has 2 N–H and O–H groups in total. The number of aryl methyl sites for hydroxylation is 1. The molecule has 0 aliphatic rings. The molecule has 1 amide bonds. The van der Waals surface area contributed by atoms with Gasteiger partial charge in [-0.3, -0.25) is 14.9 Å². The average Bonchev–Trinajstić information content (AvgIpc) is 2.56. The number of carbonyl (C=O) groups is 1. The van der Waals surface area contributed by atoms with Crippen LogP contribution in [-0.2, 0) is 4.79 Å². The molecule has 0 saturated carbocycles. The summed E-state index contributed by atoms with van der Waals surface area (Å²) in [5.74, 6) is -0.605. The summed E-state index contributed by atoms with van der Waals surface area (Å²) in [5.41, 5.74) is 1.97. The molecule has 0 fully saturated rings. The van der Waals surface area contributed by atoms with Gasteiger partial charge >= 0.3 is 0 Å². The highest BCUT2D eigenvalue weighted by Gasteiger charge is 2.10. The molecule has 0 unspecified atom stereocenters. The Balaban J connectivity index is 2.07. The summed E-state index contributed by atoms with van der Waals surface area (Å²) in [5, 5.41) is 25.1. The molecule has 0 aliphatic heterocycles. The summed E-state index contributed by atoms with van der Waals surface area (Å²) >= 11 is 0. The van der Waals surface area contributed by atoms with E-state index in [0.717, 1.165) is 11.3 Å². The lowest BCUT2D eigenvalue weighted by Crippen LogP contribution is -2.14. The minimum absolute atomic E-state index is 0.0786. The van der Waals surface area contributed by atoms with E-state index in [1.807, 2.05) is 37.3 Å². The maximum atomic E-state index is 12.1. The zero-order valence-corrected chi connectivity index (χ0v) is 12.8. The number of rotatable bonds is 5. The van der Waals surface area contributed by atoms with Gasteiger partial charge < -0.3 is 10.6 Å². The number of benzene rings is 2. The molecule has 2 aromatic carbocycles. The number of nitro benzene ring substituents is 1. The fraction of sp³-hybridized carbons (Fsp3) is 0.0588. The van der Waals surface area contributed by atoms with E-state index < -0.39 is 10.8 Å². The Kier molecular flexibility index (Phi) is 5.26. The second kappa shape index (κ2) is 7.56. The van der Waals surface area contributed by atoms with Crippen molar-refractivity contribution < 1.29 is 9.72 Å². The summed E-state index contributed by atoms with van der Waals surface area (Å²) < 4.78 is 0. The Labute approximate surface area is 138 Å². The summed E-state index contributed by atoms with van der Waals surface area (Å²) in [4.78, 5) is 22.1. The number of nitrogens with zero attached hydrogens (tertiary/aromatic N) is 2. The minimum Gasteiger partial charge on any atom is -0.360 e.